The predicted octanol–water partition coefficient (Wildman–Crippen LogP) is 6.36. The average molecular weight is 539 g/mol. The number of H-pyrrole nitrogens is 1. The van der Waals surface area contributed by atoms with Crippen LogP contribution in [0.1, 0.15) is 12.0 Å². The maximum atomic E-state index is 11.5. The van der Waals surface area contributed by atoms with Gasteiger partial charge in [-0.1, -0.05) is 48.5 Å². The van der Waals surface area contributed by atoms with Gasteiger partial charge < -0.3 is 34.5 Å². The molecule has 2 aromatic heterocycles. The van der Waals surface area contributed by atoms with Crippen LogP contribution in [0.15, 0.2) is 79.0 Å². The Morgan fingerprint density at radius 2 is 1.75 bits per heavy atom. The van der Waals surface area contributed by atoms with E-state index in [1.54, 1.807) is 6.20 Å². The zero-order chi connectivity index (χ0) is 27.3. The first kappa shape index (κ1) is 25.5. The van der Waals surface area contributed by atoms with E-state index in [0.29, 0.717) is 32.7 Å². The number of benzene rings is 3. The molecular formula is C31H30N4O5. The Balaban J connectivity index is 1.24. The van der Waals surface area contributed by atoms with Crippen LogP contribution in [0.5, 0.6) is 11.6 Å². The number of ether oxygens (including phenoxy) is 3. The Morgan fingerprint density at radius 1 is 0.975 bits per heavy atom. The number of morpholine rings is 1. The van der Waals surface area contributed by atoms with E-state index in [1.807, 2.05) is 60.7 Å². The summed E-state index contributed by atoms with van der Waals surface area (Å²) in [5.41, 5.74) is 3.22. The highest BCUT2D eigenvalue weighted by Gasteiger charge is 2.20. The number of pyridine rings is 1. The molecule has 3 aromatic carbocycles. The summed E-state index contributed by atoms with van der Waals surface area (Å²) in [6, 6.07) is 23.9. The fraction of sp³-hybridized carbons (Fsp3) is 0.226. The molecule has 1 saturated heterocycles. The summed E-state index contributed by atoms with van der Waals surface area (Å²) in [6.07, 6.45) is 1.66. The van der Waals surface area contributed by atoms with Gasteiger partial charge in [-0.25, -0.2) is 9.78 Å². The quantitative estimate of drug-likeness (QED) is 0.147. The van der Waals surface area contributed by atoms with Gasteiger partial charge in [0.1, 0.15) is 5.75 Å². The Labute approximate surface area is 231 Å². The van der Waals surface area contributed by atoms with E-state index in [-0.39, 0.29) is 5.88 Å². The Hall–Kier alpha value is -4.76. The summed E-state index contributed by atoms with van der Waals surface area (Å²) in [5, 5.41) is 16.0. The zero-order valence-electron chi connectivity index (χ0n) is 21.9. The first-order valence-corrected chi connectivity index (χ1v) is 13.4. The van der Waals surface area contributed by atoms with E-state index in [0.717, 1.165) is 63.3 Å². The van der Waals surface area contributed by atoms with Crippen LogP contribution in [0.2, 0.25) is 0 Å². The molecule has 5 aromatic rings. The van der Waals surface area contributed by atoms with Crippen molar-refractivity contribution in [2.24, 2.45) is 0 Å². The van der Waals surface area contributed by atoms with E-state index in [9.17, 15) is 9.90 Å². The lowest BCUT2D eigenvalue weighted by atomic mass is 10.1. The van der Waals surface area contributed by atoms with Crippen molar-refractivity contribution in [3.63, 3.8) is 0 Å². The maximum Gasteiger partial charge on any atom is 0.512 e. The second-order valence-corrected chi connectivity index (χ2v) is 9.56. The van der Waals surface area contributed by atoms with Gasteiger partial charge in [-0.15, -0.1) is 0 Å². The second-order valence-electron chi connectivity index (χ2n) is 9.56. The number of fused-ring (bicyclic) bond motifs is 2. The molecule has 0 radical (unpaired) electrons. The third-order valence-corrected chi connectivity index (χ3v) is 7.04. The summed E-state index contributed by atoms with van der Waals surface area (Å²) in [7, 11) is 0. The van der Waals surface area contributed by atoms with Crippen molar-refractivity contribution in [3.8, 4) is 11.6 Å². The molecule has 1 aliphatic heterocycles. The largest absolute Gasteiger partial charge is 0.512 e. The molecule has 9 nitrogen and oxygen atoms in total. The molecule has 1 aliphatic rings. The lowest BCUT2D eigenvalue weighted by molar-refractivity contribution is 0.122. The third-order valence-electron chi connectivity index (χ3n) is 7.04. The molecule has 0 saturated carbocycles. The van der Waals surface area contributed by atoms with Crippen molar-refractivity contribution in [1.29, 1.82) is 0 Å². The van der Waals surface area contributed by atoms with Crippen LogP contribution in [0.3, 0.4) is 0 Å². The van der Waals surface area contributed by atoms with Gasteiger partial charge in [-0.2, -0.15) is 0 Å². The number of aromatic amines is 1. The number of para-hydroxylation sites is 1. The van der Waals surface area contributed by atoms with Crippen LogP contribution in [-0.4, -0.2) is 54.1 Å². The molecular weight excluding hydrogens is 508 g/mol. The van der Waals surface area contributed by atoms with Gasteiger partial charge in [0, 0.05) is 35.6 Å². The molecule has 6 rings (SSSR count). The first-order valence-electron chi connectivity index (χ1n) is 13.4. The van der Waals surface area contributed by atoms with Crippen molar-refractivity contribution in [2.75, 3.05) is 43.1 Å². The van der Waals surface area contributed by atoms with E-state index < -0.39 is 6.16 Å². The van der Waals surface area contributed by atoms with Crippen LogP contribution < -0.4 is 19.7 Å². The number of aromatic nitrogens is 2. The van der Waals surface area contributed by atoms with Crippen molar-refractivity contribution in [2.45, 2.75) is 12.8 Å². The fourth-order valence-corrected chi connectivity index (χ4v) is 5.20. The van der Waals surface area contributed by atoms with Crippen LogP contribution in [0.25, 0.3) is 21.7 Å². The molecule has 3 N–H and O–H groups in total. The van der Waals surface area contributed by atoms with Gasteiger partial charge in [0.05, 0.1) is 36.7 Å². The van der Waals surface area contributed by atoms with Gasteiger partial charge in [-0.05, 0) is 42.5 Å². The highest BCUT2D eigenvalue weighted by Crippen LogP contribution is 2.36. The number of hydrogen-bond acceptors (Lipinski definition) is 7. The summed E-state index contributed by atoms with van der Waals surface area (Å²) in [4.78, 5) is 21.5. The molecule has 9 heteroatoms. The highest BCUT2D eigenvalue weighted by molar-refractivity contribution is 5.97. The van der Waals surface area contributed by atoms with E-state index in [1.165, 1.54) is 0 Å². The molecule has 0 unspecified atom stereocenters. The molecule has 0 spiro atoms. The second kappa shape index (κ2) is 11.5. The van der Waals surface area contributed by atoms with Crippen molar-refractivity contribution in [1.82, 2.24) is 9.97 Å². The standard InChI is InChI=1S/C31H30N4O5/c36-31(37)40-30-24(11-6-18-39-27-14-3-8-21-7-1-2-9-22(21)27)23-10-4-12-25(28(23)34-30)33-26-13-5-15-32-29(26)35-16-19-38-20-17-35/h1-5,7-10,12-15,33-34H,6,11,16-20H2,(H,36,37). The lowest BCUT2D eigenvalue weighted by Gasteiger charge is -2.29. The minimum Gasteiger partial charge on any atom is -0.493 e. The molecule has 0 bridgehead atoms. The molecule has 1 fully saturated rings. The van der Waals surface area contributed by atoms with Gasteiger partial charge in [-0.3, -0.25) is 0 Å². The summed E-state index contributed by atoms with van der Waals surface area (Å²) >= 11 is 0. The van der Waals surface area contributed by atoms with Gasteiger partial charge in [0.15, 0.2) is 5.82 Å². The minimum atomic E-state index is -1.36. The van der Waals surface area contributed by atoms with E-state index in [2.05, 4.69) is 32.3 Å². The van der Waals surface area contributed by atoms with Crippen molar-refractivity contribution >= 4 is 45.0 Å². The van der Waals surface area contributed by atoms with Crippen molar-refractivity contribution in [3.05, 3.63) is 84.6 Å². The van der Waals surface area contributed by atoms with Crippen LogP contribution in [0.4, 0.5) is 22.0 Å². The number of hydrogen-bond donors (Lipinski definition) is 3. The third kappa shape index (κ3) is 5.37. The average Bonchev–Trinajstić information content (AvgIpc) is 3.33. The number of aryl methyl sites for hydroxylation is 1. The van der Waals surface area contributed by atoms with Gasteiger partial charge in [0.2, 0.25) is 5.88 Å². The number of rotatable bonds is 9. The highest BCUT2D eigenvalue weighted by atomic mass is 16.7. The number of carboxylic acid groups (broad SMARTS) is 1. The van der Waals surface area contributed by atoms with Gasteiger partial charge in [0.25, 0.3) is 0 Å². The van der Waals surface area contributed by atoms with Crippen molar-refractivity contribution < 1.29 is 24.1 Å². The normalized spacial score (nSPS) is 13.4. The topological polar surface area (TPSA) is 109 Å². The van der Waals surface area contributed by atoms with Crippen LogP contribution in [-0.2, 0) is 11.2 Å². The Morgan fingerprint density at radius 3 is 2.62 bits per heavy atom. The van der Waals surface area contributed by atoms with E-state index in [4.69, 9.17) is 14.2 Å². The molecule has 204 valence electrons. The summed E-state index contributed by atoms with van der Waals surface area (Å²) < 4.78 is 16.8. The number of nitrogens with one attached hydrogen (secondary N) is 2. The minimum absolute atomic E-state index is 0.224. The first-order chi connectivity index (χ1) is 19.7. The van der Waals surface area contributed by atoms with Gasteiger partial charge >= 0.3 is 6.16 Å². The predicted molar refractivity (Wildman–Crippen MR) is 155 cm³/mol. The molecule has 0 aliphatic carbocycles. The molecule has 0 atom stereocenters. The monoisotopic (exact) mass is 538 g/mol. The SMILES string of the molecule is O=C(O)Oc1[nH]c2c(Nc3cccnc3N3CCOCC3)cccc2c1CCCOc1cccc2ccccc12. The maximum absolute atomic E-state index is 11.5. The number of nitrogens with zero attached hydrogens (tertiary/aromatic N) is 2. The molecule has 40 heavy (non-hydrogen) atoms. The number of carbonyl (C=O) groups is 1. The smallest absolute Gasteiger partial charge is 0.493 e. The van der Waals surface area contributed by atoms with E-state index >= 15 is 0 Å². The van der Waals surface area contributed by atoms with Crippen LogP contribution in [0, 0.1) is 0 Å². The Kier molecular flexibility index (Phi) is 7.37. The molecule has 0 amide bonds. The van der Waals surface area contributed by atoms with Crippen LogP contribution >= 0.6 is 0 Å². The number of anilines is 3. The summed E-state index contributed by atoms with van der Waals surface area (Å²) in [5.74, 6) is 1.90. The summed E-state index contributed by atoms with van der Waals surface area (Å²) in [6.45, 7) is 3.32. The fourth-order valence-electron chi connectivity index (χ4n) is 5.20. The Bertz CT molecular complexity index is 1640. The zero-order valence-corrected chi connectivity index (χ0v) is 21.9. The lowest BCUT2D eigenvalue weighted by Crippen LogP contribution is -2.37. The molecule has 3 heterocycles.